The molecule has 4 aromatic rings. The Bertz CT molecular complexity index is 1470. The fourth-order valence-corrected chi connectivity index (χ4v) is 4.26. The Morgan fingerprint density at radius 3 is 2.37 bits per heavy atom. The molecule has 4 N–H and O–H groups in total. The number of aromatic nitrogens is 3. The quantitative estimate of drug-likeness (QED) is 0.352. The van der Waals surface area contributed by atoms with Crippen molar-refractivity contribution in [2.75, 3.05) is 5.73 Å². The number of rotatable bonds is 4. The first-order valence-electron chi connectivity index (χ1n) is 11.1. The fraction of sp³-hybridized carbons (Fsp3) is 0.259. The van der Waals surface area contributed by atoms with Crippen LogP contribution in [0.25, 0.3) is 22.0 Å². The normalized spacial score (nSPS) is 12.5. The number of nitrogens with zero attached hydrogens (tertiary/aromatic N) is 3. The minimum Gasteiger partial charge on any atom is -0.382 e. The lowest BCUT2D eigenvalue weighted by Gasteiger charge is -2.18. The van der Waals surface area contributed by atoms with Crippen molar-refractivity contribution < 1.29 is 8.78 Å². The highest BCUT2D eigenvalue weighted by Gasteiger charge is 2.21. The average molecular weight is 494 g/mol. The van der Waals surface area contributed by atoms with Crippen molar-refractivity contribution in [1.82, 2.24) is 14.8 Å². The lowest BCUT2D eigenvalue weighted by Crippen LogP contribution is -2.17. The van der Waals surface area contributed by atoms with Gasteiger partial charge in [-0.15, -0.1) is 0 Å². The van der Waals surface area contributed by atoms with Gasteiger partial charge in [-0.25, -0.2) is 13.8 Å². The molecule has 2 heterocycles. The second kappa shape index (κ2) is 9.29. The summed E-state index contributed by atoms with van der Waals surface area (Å²) in [5.41, 5.74) is 16.3. The molecule has 2 aromatic carbocycles. The zero-order chi connectivity index (χ0) is 25.5. The van der Waals surface area contributed by atoms with Crippen molar-refractivity contribution >= 4 is 28.3 Å². The van der Waals surface area contributed by atoms with Crippen LogP contribution in [0, 0.1) is 28.9 Å². The smallest absolute Gasteiger partial charge is 0.154 e. The largest absolute Gasteiger partial charge is 0.382 e. The van der Waals surface area contributed by atoms with Gasteiger partial charge < -0.3 is 11.5 Å². The van der Waals surface area contributed by atoms with Crippen molar-refractivity contribution in [2.45, 2.75) is 33.2 Å². The van der Waals surface area contributed by atoms with E-state index in [1.807, 2.05) is 39.0 Å². The van der Waals surface area contributed by atoms with Gasteiger partial charge in [-0.05, 0) is 69.0 Å². The van der Waals surface area contributed by atoms with Crippen LogP contribution in [0.15, 0.2) is 42.5 Å². The van der Waals surface area contributed by atoms with Crippen molar-refractivity contribution in [3.8, 4) is 23.0 Å². The molecule has 0 fully saturated rings. The van der Waals surface area contributed by atoms with Crippen LogP contribution in [0.1, 0.15) is 43.8 Å². The Labute approximate surface area is 208 Å². The van der Waals surface area contributed by atoms with E-state index in [-0.39, 0.29) is 11.8 Å². The van der Waals surface area contributed by atoms with Gasteiger partial charge in [-0.2, -0.15) is 5.10 Å². The molecule has 2 aromatic heterocycles. The molecule has 0 unspecified atom stereocenters. The van der Waals surface area contributed by atoms with E-state index in [0.717, 1.165) is 22.7 Å². The summed E-state index contributed by atoms with van der Waals surface area (Å²) in [4.78, 5) is 4.78. The standard InChI is InChI=1S/C27H26ClF2N5/c1-27(2,3)10-9-18-5-6-19(20-7-8-21(28)23-25(20)35(4)34-26(23)32)24(33-18)22(31)13-15-11-16(29)14-17(30)12-15/h5-8,11-12,14,22H,13,31H2,1-4H3,(H2,32,34)/t22-/m0/s1. The zero-order valence-electron chi connectivity index (χ0n) is 20.0. The second-order valence-corrected chi connectivity index (χ2v) is 9.95. The average Bonchev–Trinajstić information content (AvgIpc) is 3.06. The number of aryl methyl sites for hydroxylation is 1. The summed E-state index contributed by atoms with van der Waals surface area (Å²) in [5, 5.41) is 5.44. The minimum atomic E-state index is -0.668. The highest BCUT2D eigenvalue weighted by molar-refractivity contribution is 6.37. The minimum absolute atomic E-state index is 0.176. The number of pyridine rings is 1. The van der Waals surface area contributed by atoms with Crippen molar-refractivity contribution in [3.63, 3.8) is 0 Å². The van der Waals surface area contributed by atoms with Crippen molar-refractivity contribution in [2.24, 2.45) is 18.2 Å². The molecular formula is C27H26ClF2N5. The number of halogens is 3. The van der Waals surface area contributed by atoms with Gasteiger partial charge in [-0.1, -0.05) is 23.6 Å². The maximum atomic E-state index is 13.8. The summed E-state index contributed by atoms with van der Waals surface area (Å²) >= 11 is 6.42. The lowest BCUT2D eigenvalue weighted by atomic mass is 9.94. The first kappa shape index (κ1) is 24.6. The molecule has 0 saturated carbocycles. The fourth-order valence-electron chi connectivity index (χ4n) is 4.01. The number of nitrogens with two attached hydrogens (primary N) is 2. The van der Waals surface area contributed by atoms with Crippen molar-refractivity contribution in [1.29, 1.82) is 0 Å². The first-order chi connectivity index (χ1) is 16.4. The van der Waals surface area contributed by atoms with Gasteiger partial charge in [0.25, 0.3) is 0 Å². The molecule has 35 heavy (non-hydrogen) atoms. The Balaban J connectivity index is 1.90. The van der Waals surface area contributed by atoms with Crippen LogP contribution in [0.4, 0.5) is 14.6 Å². The molecular weight excluding hydrogens is 468 g/mol. The van der Waals surface area contributed by atoms with Gasteiger partial charge in [0.05, 0.1) is 27.7 Å². The van der Waals surface area contributed by atoms with Gasteiger partial charge >= 0.3 is 0 Å². The van der Waals surface area contributed by atoms with Gasteiger partial charge in [0.2, 0.25) is 0 Å². The summed E-state index contributed by atoms with van der Waals surface area (Å²) in [7, 11) is 1.78. The Morgan fingerprint density at radius 1 is 1.06 bits per heavy atom. The van der Waals surface area contributed by atoms with Gasteiger partial charge in [0, 0.05) is 29.7 Å². The van der Waals surface area contributed by atoms with Crippen LogP contribution < -0.4 is 11.5 Å². The molecule has 8 heteroatoms. The highest BCUT2D eigenvalue weighted by Crippen LogP contribution is 2.38. The predicted octanol–water partition coefficient (Wildman–Crippen LogP) is 5.79. The van der Waals surface area contributed by atoms with Crippen molar-refractivity contribution in [3.05, 3.63) is 76.1 Å². The van der Waals surface area contributed by atoms with Gasteiger partial charge in [0.1, 0.15) is 17.3 Å². The second-order valence-electron chi connectivity index (χ2n) is 9.55. The summed E-state index contributed by atoms with van der Waals surface area (Å²) < 4.78 is 29.3. The molecule has 0 spiro atoms. The molecule has 1 atom stereocenters. The topological polar surface area (TPSA) is 82.8 Å². The van der Waals surface area contributed by atoms with Crippen LogP contribution >= 0.6 is 11.6 Å². The molecule has 180 valence electrons. The van der Waals surface area contributed by atoms with Crippen LogP contribution in [-0.2, 0) is 13.5 Å². The number of anilines is 1. The third-order valence-electron chi connectivity index (χ3n) is 5.47. The monoisotopic (exact) mass is 493 g/mol. The van der Waals surface area contributed by atoms with E-state index in [1.165, 1.54) is 12.1 Å². The van der Waals surface area contributed by atoms with Gasteiger partial charge in [0.15, 0.2) is 5.82 Å². The Kier molecular flexibility index (Phi) is 6.54. The highest BCUT2D eigenvalue weighted by atomic mass is 35.5. The number of hydrogen-bond donors (Lipinski definition) is 2. The number of nitrogen functional groups attached to an aromatic ring is 1. The number of fused-ring (bicyclic) bond motifs is 1. The Hall–Kier alpha value is -3.47. The summed E-state index contributed by atoms with van der Waals surface area (Å²) in [5.74, 6) is 5.29. The molecule has 0 bridgehead atoms. The molecule has 0 aliphatic carbocycles. The molecule has 4 rings (SSSR count). The third-order valence-corrected chi connectivity index (χ3v) is 5.79. The molecule has 0 aliphatic rings. The maximum Gasteiger partial charge on any atom is 0.154 e. The van der Waals surface area contributed by atoms with E-state index in [9.17, 15) is 8.78 Å². The number of benzene rings is 2. The van der Waals surface area contributed by atoms with E-state index in [4.69, 9.17) is 28.1 Å². The SMILES string of the molecule is Cn1nc(N)c2c(Cl)ccc(-c3ccc(C#CC(C)(C)C)nc3[C@@H](N)Cc3cc(F)cc(F)c3)c21. The predicted molar refractivity (Wildman–Crippen MR) is 137 cm³/mol. The summed E-state index contributed by atoms with van der Waals surface area (Å²) in [6.45, 7) is 6.03. The third kappa shape index (κ3) is 5.29. The molecule has 0 amide bonds. The van der Waals surface area contributed by atoms with Crippen LogP contribution in [-0.4, -0.2) is 14.8 Å². The molecule has 5 nitrogen and oxygen atoms in total. The maximum absolute atomic E-state index is 13.8. The first-order valence-corrected chi connectivity index (χ1v) is 11.5. The summed E-state index contributed by atoms with van der Waals surface area (Å²) in [6.07, 6.45) is 0.176. The molecule has 0 aliphatic heterocycles. The van der Waals surface area contributed by atoms with E-state index >= 15 is 0 Å². The molecule has 0 saturated heterocycles. The van der Waals surface area contributed by atoms with E-state index in [0.29, 0.717) is 33.2 Å². The Morgan fingerprint density at radius 2 is 1.71 bits per heavy atom. The van der Waals surface area contributed by atoms with E-state index in [2.05, 4.69) is 16.9 Å². The van der Waals surface area contributed by atoms with E-state index < -0.39 is 17.7 Å². The van der Waals surface area contributed by atoms with Crippen LogP contribution in [0.2, 0.25) is 5.02 Å². The van der Waals surface area contributed by atoms with Gasteiger partial charge in [-0.3, -0.25) is 4.68 Å². The number of hydrogen-bond acceptors (Lipinski definition) is 4. The molecule has 0 radical (unpaired) electrons. The zero-order valence-corrected chi connectivity index (χ0v) is 20.7. The lowest BCUT2D eigenvalue weighted by molar-refractivity contribution is 0.571. The van der Waals surface area contributed by atoms with Crippen LogP contribution in [0.3, 0.4) is 0 Å². The van der Waals surface area contributed by atoms with Crippen LogP contribution in [0.5, 0.6) is 0 Å². The van der Waals surface area contributed by atoms with E-state index in [1.54, 1.807) is 17.8 Å². The summed E-state index contributed by atoms with van der Waals surface area (Å²) in [6, 6.07) is 10.0.